The number of rotatable bonds is 2. The van der Waals surface area contributed by atoms with E-state index < -0.39 is 9.84 Å². The molecule has 0 fully saturated rings. The average Bonchev–Trinajstić information content (AvgIpc) is 2.64. The van der Waals surface area contributed by atoms with Crippen LogP contribution in [0, 0.1) is 0 Å². The second-order valence-corrected chi connectivity index (χ2v) is 5.27. The van der Waals surface area contributed by atoms with Crippen molar-refractivity contribution in [1.29, 1.82) is 0 Å². The van der Waals surface area contributed by atoms with Gasteiger partial charge in [0.05, 0.1) is 0 Å². The van der Waals surface area contributed by atoms with Gasteiger partial charge in [-0.2, -0.15) is 0 Å². The minimum absolute atomic E-state index is 0.123. The fourth-order valence-electron chi connectivity index (χ4n) is 1.30. The molecule has 0 bridgehead atoms. The smallest absolute Gasteiger partial charge is 0.179 e. The summed E-state index contributed by atoms with van der Waals surface area (Å²) in [7, 11) is -3.34. The topological polar surface area (TPSA) is 90.9 Å². The van der Waals surface area contributed by atoms with E-state index in [2.05, 4.69) is 10.1 Å². The van der Waals surface area contributed by atoms with Crippen molar-refractivity contribution in [2.75, 3.05) is 12.0 Å². The summed E-state index contributed by atoms with van der Waals surface area (Å²) < 4.78 is 24.4. The molecule has 16 heavy (non-hydrogen) atoms. The Bertz CT molecular complexity index is 618. The Morgan fingerprint density at radius 1 is 1.38 bits per heavy atom. The first-order chi connectivity index (χ1) is 7.48. The number of aromatic nitrogens is 3. The van der Waals surface area contributed by atoms with E-state index in [0.29, 0.717) is 5.82 Å². The van der Waals surface area contributed by atoms with Crippen LogP contribution in [0.4, 0.5) is 5.82 Å². The summed E-state index contributed by atoms with van der Waals surface area (Å²) in [5.41, 5.74) is 5.47. The van der Waals surface area contributed by atoms with Crippen LogP contribution in [-0.2, 0) is 9.84 Å². The van der Waals surface area contributed by atoms with Crippen molar-refractivity contribution in [3.8, 4) is 5.82 Å². The first-order valence-corrected chi connectivity index (χ1v) is 6.34. The van der Waals surface area contributed by atoms with E-state index in [4.69, 9.17) is 5.73 Å². The third-order valence-corrected chi connectivity index (χ3v) is 3.09. The Hall–Kier alpha value is -1.89. The third kappa shape index (κ3) is 1.89. The average molecular weight is 238 g/mol. The molecule has 2 aromatic heterocycles. The SMILES string of the molecule is CS(=O)(=O)c1cccnc1-n1ccc(N)n1. The third-order valence-electron chi connectivity index (χ3n) is 1.98. The second kappa shape index (κ2) is 3.60. The number of hydrogen-bond acceptors (Lipinski definition) is 5. The van der Waals surface area contributed by atoms with Crippen LogP contribution in [0.15, 0.2) is 35.5 Å². The van der Waals surface area contributed by atoms with Gasteiger partial charge in [-0.15, -0.1) is 5.10 Å². The predicted octanol–water partition coefficient (Wildman–Crippen LogP) is 0.253. The zero-order chi connectivity index (χ0) is 11.8. The minimum atomic E-state index is -3.34. The Morgan fingerprint density at radius 3 is 2.69 bits per heavy atom. The fraction of sp³-hybridized carbons (Fsp3) is 0.111. The molecule has 0 aliphatic rings. The molecule has 0 aromatic carbocycles. The van der Waals surface area contributed by atoms with Crippen molar-refractivity contribution in [2.45, 2.75) is 4.90 Å². The van der Waals surface area contributed by atoms with E-state index in [-0.39, 0.29) is 10.7 Å². The van der Waals surface area contributed by atoms with E-state index in [1.165, 1.54) is 16.9 Å². The van der Waals surface area contributed by atoms with Crippen LogP contribution < -0.4 is 5.73 Å². The van der Waals surface area contributed by atoms with Gasteiger partial charge < -0.3 is 5.73 Å². The monoisotopic (exact) mass is 238 g/mol. The fourth-order valence-corrected chi connectivity index (χ4v) is 2.10. The summed E-state index contributed by atoms with van der Waals surface area (Å²) in [5.74, 6) is 0.562. The number of nitrogen functional groups attached to an aromatic ring is 1. The number of anilines is 1. The van der Waals surface area contributed by atoms with Crippen LogP contribution in [0.2, 0.25) is 0 Å². The van der Waals surface area contributed by atoms with Crippen molar-refractivity contribution in [1.82, 2.24) is 14.8 Å². The number of hydrogen-bond donors (Lipinski definition) is 1. The first kappa shape index (κ1) is 10.6. The van der Waals surface area contributed by atoms with Crippen molar-refractivity contribution in [2.24, 2.45) is 0 Å². The Kier molecular flexibility index (Phi) is 2.39. The number of nitrogens with two attached hydrogens (primary N) is 1. The van der Waals surface area contributed by atoms with E-state index in [1.807, 2.05) is 0 Å². The number of sulfone groups is 1. The maximum Gasteiger partial charge on any atom is 0.179 e. The summed E-state index contributed by atoms with van der Waals surface area (Å²) in [5, 5.41) is 3.92. The molecular weight excluding hydrogens is 228 g/mol. The molecule has 0 saturated heterocycles. The quantitative estimate of drug-likeness (QED) is 0.810. The standard InChI is InChI=1S/C9H10N4O2S/c1-16(14,15)7-3-2-5-11-9(7)13-6-4-8(10)12-13/h2-6H,1H3,(H2,10,12). The molecule has 0 aliphatic carbocycles. The molecule has 2 rings (SSSR count). The van der Waals surface area contributed by atoms with Crippen LogP contribution >= 0.6 is 0 Å². The molecule has 2 heterocycles. The Morgan fingerprint density at radius 2 is 2.12 bits per heavy atom. The molecule has 0 saturated carbocycles. The van der Waals surface area contributed by atoms with Crippen molar-refractivity contribution >= 4 is 15.7 Å². The highest BCUT2D eigenvalue weighted by molar-refractivity contribution is 7.90. The Balaban J connectivity index is 2.66. The maximum atomic E-state index is 11.5. The van der Waals surface area contributed by atoms with Gasteiger partial charge in [0, 0.05) is 24.7 Å². The molecule has 7 heteroatoms. The molecule has 2 N–H and O–H groups in total. The zero-order valence-electron chi connectivity index (χ0n) is 8.53. The lowest BCUT2D eigenvalue weighted by Crippen LogP contribution is -2.08. The highest BCUT2D eigenvalue weighted by Gasteiger charge is 2.15. The predicted molar refractivity (Wildman–Crippen MR) is 58.9 cm³/mol. The zero-order valence-corrected chi connectivity index (χ0v) is 9.35. The number of nitrogens with zero attached hydrogens (tertiary/aromatic N) is 3. The first-order valence-electron chi connectivity index (χ1n) is 4.45. The molecule has 0 amide bonds. The molecule has 84 valence electrons. The summed E-state index contributed by atoms with van der Waals surface area (Å²) in [6.45, 7) is 0. The van der Waals surface area contributed by atoms with E-state index in [1.54, 1.807) is 18.3 Å². The van der Waals surface area contributed by atoms with Crippen LogP contribution in [0.3, 0.4) is 0 Å². The van der Waals surface area contributed by atoms with E-state index in [9.17, 15) is 8.42 Å². The van der Waals surface area contributed by atoms with Gasteiger partial charge in [-0.1, -0.05) is 0 Å². The second-order valence-electron chi connectivity index (χ2n) is 3.28. The molecule has 0 aliphatic heterocycles. The van der Waals surface area contributed by atoms with Crippen LogP contribution in [0.1, 0.15) is 0 Å². The van der Waals surface area contributed by atoms with Crippen molar-refractivity contribution in [3.05, 3.63) is 30.6 Å². The highest BCUT2D eigenvalue weighted by atomic mass is 32.2. The minimum Gasteiger partial charge on any atom is -0.382 e. The summed E-state index contributed by atoms with van der Waals surface area (Å²) in [6.07, 6.45) is 4.19. The number of pyridine rings is 1. The summed E-state index contributed by atoms with van der Waals surface area (Å²) >= 11 is 0. The lowest BCUT2D eigenvalue weighted by molar-refractivity contribution is 0.600. The molecule has 0 spiro atoms. The van der Waals surface area contributed by atoms with Gasteiger partial charge in [-0.25, -0.2) is 18.1 Å². The highest BCUT2D eigenvalue weighted by Crippen LogP contribution is 2.16. The van der Waals surface area contributed by atoms with Gasteiger partial charge >= 0.3 is 0 Å². The van der Waals surface area contributed by atoms with Crippen molar-refractivity contribution in [3.63, 3.8) is 0 Å². The molecule has 0 unspecified atom stereocenters. The normalized spacial score (nSPS) is 11.6. The van der Waals surface area contributed by atoms with E-state index >= 15 is 0 Å². The van der Waals surface area contributed by atoms with Crippen LogP contribution in [0.25, 0.3) is 5.82 Å². The van der Waals surface area contributed by atoms with Gasteiger partial charge in [0.2, 0.25) is 0 Å². The molecule has 2 aromatic rings. The lowest BCUT2D eigenvalue weighted by Gasteiger charge is -2.05. The van der Waals surface area contributed by atoms with Gasteiger partial charge in [0.1, 0.15) is 10.7 Å². The van der Waals surface area contributed by atoms with Gasteiger partial charge in [0.15, 0.2) is 15.7 Å². The summed E-state index contributed by atoms with van der Waals surface area (Å²) in [4.78, 5) is 4.12. The molecular formula is C9H10N4O2S. The Labute approximate surface area is 92.6 Å². The molecule has 0 radical (unpaired) electrons. The van der Waals surface area contributed by atoms with Crippen LogP contribution in [0.5, 0.6) is 0 Å². The lowest BCUT2D eigenvalue weighted by atomic mass is 10.4. The molecule has 6 nitrogen and oxygen atoms in total. The van der Waals surface area contributed by atoms with Gasteiger partial charge in [-0.05, 0) is 12.1 Å². The van der Waals surface area contributed by atoms with Gasteiger partial charge in [0.25, 0.3) is 0 Å². The maximum absolute atomic E-state index is 11.5. The summed E-state index contributed by atoms with van der Waals surface area (Å²) in [6, 6.07) is 4.61. The molecule has 0 atom stereocenters. The van der Waals surface area contributed by atoms with Gasteiger partial charge in [-0.3, -0.25) is 0 Å². The van der Waals surface area contributed by atoms with Crippen molar-refractivity contribution < 1.29 is 8.42 Å². The largest absolute Gasteiger partial charge is 0.382 e. The van der Waals surface area contributed by atoms with E-state index in [0.717, 1.165) is 6.26 Å². The van der Waals surface area contributed by atoms with Crippen LogP contribution in [-0.4, -0.2) is 29.4 Å².